The van der Waals surface area contributed by atoms with Crippen LogP contribution in [0.25, 0.3) is 0 Å². The Morgan fingerprint density at radius 2 is 2.11 bits per heavy atom. The zero-order valence-electron chi connectivity index (χ0n) is 10.1. The highest BCUT2D eigenvalue weighted by atomic mass is 16.5. The molecule has 1 amide bonds. The number of benzene rings is 1. The van der Waals surface area contributed by atoms with Crippen LogP contribution in [0, 0.1) is 0 Å². The van der Waals surface area contributed by atoms with Gasteiger partial charge in [0, 0.05) is 6.04 Å². The zero-order valence-corrected chi connectivity index (χ0v) is 10.1. The normalized spacial score (nSPS) is 11.7. The van der Waals surface area contributed by atoms with Crippen molar-refractivity contribution >= 4 is 11.9 Å². The van der Waals surface area contributed by atoms with Gasteiger partial charge >= 0.3 is 5.97 Å². The molecule has 1 aromatic carbocycles. The van der Waals surface area contributed by atoms with Gasteiger partial charge in [-0.1, -0.05) is 0 Å². The summed E-state index contributed by atoms with van der Waals surface area (Å²) in [6.45, 7) is 1.57. The van der Waals surface area contributed by atoms with Crippen molar-refractivity contribution in [1.82, 2.24) is 5.32 Å². The smallest absolute Gasteiger partial charge is 0.305 e. The van der Waals surface area contributed by atoms with Crippen LogP contribution in [0.5, 0.6) is 11.5 Å². The number of carboxylic acid groups (broad SMARTS) is 1. The number of aliphatic carboxylic acids is 1. The van der Waals surface area contributed by atoms with Crippen molar-refractivity contribution in [2.75, 3.05) is 7.11 Å². The molecular formula is C12H15NO5. The van der Waals surface area contributed by atoms with Gasteiger partial charge in [0.1, 0.15) is 11.5 Å². The van der Waals surface area contributed by atoms with E-state index in [1.807, 2.05) is 0 Å². The SMILES string of the molecule is COc1ccc(O)c(C(=O)NC(C)CC(=O)O)c1. The Morgan fingerprint density at radius 1 is 1.44 bits per heavy atom. The van der Waals surface area contributed by atoms with Crippen LogP contribution < -0.4 is 10.1 Å². The largest absolute Gasteiger partial charge is 0.507 e. The fourth-order valence-corrected chi connectivity index (χ4v) is 1.44. The van der Waals surface area contributed by atoms with Gasteiger partial charge in [-0.05, 0) is 25.1 Å². The molecule has 0 aliphatic rings. The van der Waals surface area contributed by atoms with Crippen LogP contribution in [0.3, 0.4) is 0 Å². The lowest BCUT2D eigenvalue weighted by molar-refractivity contribution is -0.137. The molecule has 18 heavy (non-hydrogen) atoms. The average molecular weight is 253 g/mol. The monoisotopic (exact) mass is 253 g/mol. The van der Waals surface area contributed by atoms with Crippen LogP contribution >= 0.6 is 0 Å². The number of aromatic hydroxyl groups is 1. The number of hydrogen-bond acceptors (Lipinski definition) is 4. The third-order valence-electron chi connectivity index (χ3n) is 2.31. The number of carbonyl (C=O) groups is 2. The highest BCUT2D eigenvalue weighted by Gasteiger charge is 2.16. The van der Waals surface area contributed by atoms with Gasteiger partial charge in [0.15, 0.2) is 0 Å². The minimum Gasteiger partial charge on any atom is -0.507 e. The van der Waals surface area contributed by atoms with Crippen LogP contribution in [0.1, 0.15) is 23.7 Å². The van der Waals surface area contributed by atoms with Gasteiger partial charge in [-0.3, -0.25) is 9.59 Å². The topological polar surface area (TPSA) is 95.9 Å². The molecule has 0 heterocycles. The summed E-state index contributed by atoms with van der Waals surface area (Å²) in [7, 11) is 1.45. The molecule has 6 heteroatoms. The summed E-state index contributed by atoms with van der Waals surface area (Å²) < 4.78 is 4.94. The Labute approximate surface area is 104 Å². The highest BCUT2D eigenvalue weighted by molar-refractivity contribution is 5.97. The summed E-state index contributed by atoms with van der Waals surface area (Å²) in [5.74, 6) is -1.29. The van der Waals surface area contributed by atoms with Gasteiger partial charge in [-0.2, -0.15) is 0 Å². The molecule has 0 aliphatic carbocycles. The first-order valence-corrected chi connectivity index (χ1v) is 5.33. The number of methoxy groups -OCH3 is 1. The molecule has 0 saturated heterocycles. The average Bonchev–Trinajstić information content (AvgIpc) is 2.28. The second-order valence-corrected chi connectivity index (χ2v) is 3.86. The fourth-order valence-electron chi connectivity index (χ4n) is 1.44. The number of amides is 1. The number of carbonyl (C=O) groups excluding carboxylic acids is 1. The number of ether oxygens (including phenoxy) is 1. The van der Waals surface area contributed by atoms with Gasteiger partial charge < -0.3 is 20.3 Å². The van der Waals surface area contributed by atoms with Crippen molar-refractivity contribution in [2.24, 2.45) is 0 Å². The number of phenolic OH excluding ortho intramolecular Hbond substituents is 1. The lowest BCUT2D eigenvalue weighted by Gasteiger charge is -2.13. The van der Waals surface area contributed by atoms with Gasteiger partial charge in [-0.15, -0.1) is 0 Å². The molecule has 0 aliphatic heterocycles. The number of rotatable bonds is 5. The van der Waals surface area contributed by atoms with Gasteiger partial charge in [0.05, 0.1) is 19.1 Å². The van der Waals surface area contributed by atoms with Crippen molar-refractivity contribution in [2.45, 2.75) is 19.4 Å². The molecular weight excluding hydrogens is 238 g/mol. The second-order valence-electron chi connectivity index (χ2n) is 3.86. The second kappa shape index (κ2) is 5.90. The van der Waals surface area contributed by atoms with Crippen LogP contribution in [-0.2, 0) is 4.79 Å². The summed E-state index contributed by atoms with van der Waals surface area (Å²) in [6.07, 6.45) is -0.184. The van der Waals surface area contributed by atoms with E-state index in [0.717, 1.165) is 0 Å². The van der Waals surface area contributed by atoms with Crippen molar-refractivity contribution in [3.63, 3.8) is 0 Å². The van der Waals surface area contributed by atoms with Crippen molar-refractivity contribution in [3.8, 4) is 11.5 Å². The predicted octanol–water partition coefficient (Wildman–Crippen LogP) is 0.994. The Balaban J connectivity index is 2.80. The molecule has 1 unspecified atom stereocenters. The quantitative estimate of drug-likeness (QED) is 0.727. The molecule has 0 spiro atoms. The molecule has 0 bridgehead atoms. The molecule has 0 fully saturated rings. The minimum absolute atomic E-state index is 0.0478. The first-order valence-electron chi connectivity index (χ1n) is 5.33. The van der Waals surface area contributed by atoms with E-state index < -0.39 is 17.9 Å². The number of phenols is 1. The van der Waals surface area contributed by atoms with E-state index in [2.05, 4.69) is 5.32 Å². The number of carboxylic acids is 1. The third kappa shape index (κ3) is 3.65. The Hall–Kier alpha value is -2.24. The Kier molecular flexibility index (Phi) is 4.53. The lowest BCUT2D eigenvalue weighted by atomic mass is 10.1. The van der Waals surface area contributed by atoms with E-state index in [1.54, 1.807) is 6.92 Å². The Bertz CT molecular complexity index is 458. The lowest BCUT2D eigenvalue weighted by Crippen LogP contribution is -2.34. The summed E-state index contributed by atoms with van der Waals surface area (Å²) in [6, 6.07) is 3.72. The molecule has 1 rings (SSSR count). The van der Waals surface area contributed by atoms with E-state index in [0.29, 0.717) is 5.75 Å². The third-order valence-corrected chi connectivity index (χ3v) is 2.31. The van der Waals surface area contributed by atoms with Crippen molar-refractivity contribution < 1.29 is 24.5 Å². The van der Waals surface area contributed by atoms with Crippen molar-refractivity contribution in [3.05, 3.63) is 23.8 Å². The molecule has 0 saturated carbocycles. The van der Waals surface area contributed by atoms with Crippen LogP contribution in [-0.4, -0.2) is 35.2 Å². The molecule has 1 atom stereocenters. The first kappa shape index (κ1) is 13.8. The summed E-state index contributed by atoms with van der Waals surface area (Å²) in [5.41, 5.74) is 0.0478. The zero-order chi connectivity index (χ0) is 13.7. The maximum atomic E-state index is 11.8. The molecule has 98 valence electrons. The van der Waals surface area contributed by atoms with Gasteiger partial charge in [-0.25, -0.2) is 0 Å². The van der Waals surface area contributed by atoms with E-state index in [-0.39, 0.29) is 17.7 Å². The summed E-state index contributed by atoms with van der Waals surface area (Å²) in [4.78, 5) is 22.3. The van der Waals surface area contributed by atoms with E-state index in [9.17, 15) is 14.7 Å². The fraction of sp³-hybridized carbons (Fsp3) is 0.333. The van der Waals surface area contributed by atoms with E-state index in [1.165, 1.54) is 25.3 Å². The standard InChI is InChI=1S/C12H15NO5/c1-7(5-11(15)16)13-12(17)9-6-8(18-2)3-4-10(9)14/h3-4,6-7,14H,5H2,1-2H3,(H,13,17)(H,15,16). The molecule has 0 aromatic heterocycles. The maximum absolute atomic E-state index is 11.8. The van der Waals surface area contributed by atoms with Crippen molar-refractivity contribution in [1.29, 1.82) is 0 Å². The van der Waals surface area contributed by atoms with E-state index in [4.69, 9.17) is 9.84 Å². The van der Waals surface area contributed by atoms with Crippen LogP contribution in [0.15, 0.2) is 18.2 Å². The molecule has 1 aromatic rings. The van der Waals surface area contributed by atoms with Crippen LogP contribution in [0.4, 0.5) is 0 Å². The maximum Gasteiger partial charge on any atom is 0.305 e. The molecule has 6 nitrogen and oxygen atoms in total. The Morgan fingerprint density at radius 3 is 2.67 bits per heavy atom. The summed E-state index contributed by atoms with van der Waals surface area (Å²) >= 11 is 0. The predicted molar refractivity (Wildman–Crippen MR) is 63.8 cm³/mol. The molecule has 3 N–H and O–H groups in total. The highest BCUT2D eigenvalue weighted by Crippen LogP contribution is 2.22. The van der Waals surface area contributed by atoms with Crippen LogP contribution in [0.2, 0.25) is 0 Å². The first-order chi connectivity index (χ1) is 8.43. The number of hydrogen-bond donors (Lipinski definition) is 3. The summed E-state index contributed by atoms with van der Waals surface area (Å²) in [5, 5.41) is 20.6. The van der Waals surface area contributed by atoms with Gasteiger partial charge in [0.2, 0.25) is 0 Å². The minimum atomic E-state index is -1.00. The molecule has 0 radical (unpaired) electrons. The van der Waals surface area contributed by atoms with Gasteiger partial charge in [0.25, 0.3) is 5.91 Å². The van der Waals surface area contributed by atoms with E-state index >= 15 is 0 Å². The number of nitrogens with one attached hydrogen (secondary N) is 1.